The number of ether oxygens (including phenoxy) is 1. The molecule has 3 rings (SSSR count). The molecule has 0 aliphatic heterocycles. The van der Waals surface area contributed by atoms with Crippen molar-refractivity contribution in [1.29, 1.82) is 0 Å². The largest absolute Gasteiger partial charge is 0.483 e. The molecule has 0 unspecified atom stereocenters. The first-order valence-electron chi connectivity index (χ1n) is 9.00. The molecule has 0 saturated heterocycles. The highest BCUT2D eigenvalue weighted by molar-refractivity contribution is 5.97. The lowest BCUT2D eigenvalue weighted by atomic mass is 10.1. The fourth-order valence-corrected chi connectivity index (χ4v) is 2.69. The monoisotopic (exact) mass is 374 g/mol. The molecule has 0 heterocycles. The van der Waals surface area contributed by atoms with Crippen LogP contribution in [0.5, 0.6) is 5.75 Å². The summed E-state index contributed by atoms with van der Waals surface area (Å²) in [5, 5.41) is 2.88. The van der Waals surface area contributed by atoms with Crippen LogP contribution in [0.1, 0.15) is 15.9 Å². The van der Waals surface area contributed by atoms with E-state index in [2.05, 4.69) is 5.32 Å². The number of carbonyl (C=O) groups is 2. The second-order valence-electron chi connectivity index (χ2n) is 6.24. The zero-order chi connectivity index (χ0) is 19.8. The number of hydrogen-bond donors (Lipinski definition) is 1. The molecular weight excluding hydrogens is 352 g/mol. The highest BCUT2D eigenvalue weighted by atomic mass is 16.5. The summed E-state index contributed by atoms with van der Waals surface area (Å²) >= 11 is 0. The number of amides is 2. The highest BCUT2D eigenvalue weighted by Crippen LogP contribution is 2.19. The Labute approximate surface area is 164 Å². The van der Waals surface area contributed by atoms with Crippen LogP contribution in [0.15, 0.2) is 84.9 Å². The Balaban J connectivity index is 1.62. The Bertz CT molecular complexity index is 927. The lowest BCUT2D eigenvalue weighted by Gasteiger charge is -2.18. The molecule has 5 nitrogen and oxygen atoms in total. The van der Waals surface area contributed by atoms with Crippen molar-refractivity contribution in [3.63, 3.8) is 0 Å². The van der Waals surface area contributed by atoms with Gasteiger partial charge in [0.05, 0.1) is 5.56 Å². The molecule has 28 heavy (non-hydrogen) atoms. The average molecular weight is 374 g/mol. The standard InChI is InChI=1S/C23H22N2O3/c1-25(19-12-6-3-7-13-19)22(26)17-28-21-15-9-8-14-20(21)23(27)24-16-18-10-4-2-5-11-18/h2-15H,16-17H2,1H3,(H,24,27). The summed E-state index contributed by atoms with van der Waals surface area (Å²) in [5.74, 6) is -0.0723. The van der Waals surface area contributed by atoms with Crippen molar-refractivity contribution in [3.05, 3.63) is 96.1 Å². The van der Waals surface area contributed by atoms with Crippen LogP contribution in [0.3, 0.4) is 0 Å². The summed E-state index contributed by atoms with van der Waals surface area (Å²) in [6.45, 7) is 0.262. The minimum absolute atomic E-state index is 0.158. The molecule has 5 heteroatoms. The maximum absolute atomic E-state index is 12.6. The van der Waals surface area contributed by atoms with Gasteiger partial charge in [-0.25, -0.2) is 0 Å². The maximum Gasteiger partial charge on any atom is 0.264 e. The molecule has 1 N–H and O–H groups in total. The molecule has 0 aliphatic rings. The van der Waals surface area contributed by atoms with E-state index in [1.54, 1.807) is 31.3 Å². The number of nitrogens with zero attached hydrogens (tertiary/aromatic N) is 1. The number of nitrogens with one attached hydrogen (secondary N) is 1. The minimum Gasteiger partial charge on any atom is -0.483 e. The first-order chi connectivity index (χ1) is 13.6. The SMILES string of the molecule is CN(C(=O)COc1ccccc1C(=O)NCc1ccccc1)c1ccccc1. The Hall–Kier alpha value is -3.60. The molecule has 3 aromatic carbocycles. The van der Waals surface area contributed by atoms with Gasteiger partial charge in [-0.05, 0) is 29.8 Å². The molecule has 142 valence electrons. The third-order valence-electron chi connectivity index (χ3n) is 4.30. The van der Waals surface area contributed by atoms with Crippen LogP contribution >= 0.6 is 0 Å². The summed E-state index contributed by atoms with van der Waals surface area (Å²) in [4.78, 5) is 26.5. The smallest absolute Gasteiger partial charge is 0.264 e. The molecule has 0 aromatic heterocycles. The van der Waals surface area contributed by atoms with Gasteiger partial charge in [0.1, 0.15) is 5.75 Å². The zero-order valence-corrected chi connectivity index (χ0v) is 15.7. The van der Waals surface area contributed by atoms with Crippen molar-refractivity contribution in [2.75, 3.05) is 18.6 Å². The van der Waals surface area contributed by atoms with Gasteiger partial charge in [-0.15, -0.1) is 0 Å². The van der Waals surface area contributed by atoms with E-state index in [4.69, 9.17) is 4.74 Å². The average Bonchev–Trinajstić information content (AvgIpc) is 2.76. The van der Waals surface area contributed by atoms with Crippen molar-refractivity contribution in [1.82, 2.24) is 5.32 Å². The molecular formula is C23H22N2O3. The molecule has 0 bridgehead atoms. The van der Waals surface area contributed by atoms with Crippen molar-refractivity contribution in [2.24, 2.45) is 0 Å². The third kappa shape index (κ3) is 4.98. The summed E-state index contributed by atoms with van der Waals surface area (Å²) in [5.41, 5.74) is 2.19. The van der Waals surface area contributed by atoms with Crippen LogP contribution in [-0.4, -0.2) is 25.5 Å². The number of carbonyl (C=O) groups excluding carboxylic acids is 2. The van der Waals surface area contributed by atoms with Crippen LogP contribution < -0.4 is 15.0 Å². The lowest BCUT2D eigenvalue weighted by molar-refractivity contribution is -0.120. The first-order valence-corrected chi connectivity index (χ1v) is 9.00. The predicted octanol–water partition coefficient (Wildman–Crippen LogP) is 3.66. The zero-order valence-electron chi connectivity index (χ0n) is 15.7. The van der Waals surface area contributed by atoms with Crippen molar-refractivity contribution in [2.45, 2.75) is 6.54 Å². The fourth-order valence-electron chi connectivity index (χ4n) is 2.69. The Morgan fingerprint density at radius 3 is 2.18 bits per heavy atom. The van der Waals surface area contributed by atoms with Gasteiger partial charge in [0, 0.05) is 19.3 Å². The van der Waals surface area contributed by atoms with Crippen LogP contribution in [0.25, 0.3) is 0 Å². The Morgan fingerprint density at radius 2 is 1.46 bits per heavy atom. The summed E-state index contributed by atoms with van der Waals surface area (Å²) in [6.07, 6.45) is 0. The Kier molecular flexibility index (Phi) is 6.41. The van der Waals surface area contributed by atoms with E-state index < -0.39 is 0 Å². The first kappa shape index (κ1) is 19.2. The van der Waals surface area contributed by atoms with Gasteiger partial charge < -0.3 is 15.0 Å². The van der Waals surface area contributed by atoms with Crippen LogP contribution in [0.4, 0.5) is 5.69 Å². The summed E-state index contributed by atoms with van der Waals surface area (Å²) in [6, 6.07) is 25.9. The van der Waals surface area contributed by atoms with Crippen molar-refractivity contribution in [3.8, 4) is 5.75 Å². The molecule has 0 spiro atoms. The van der Waals surface area contributed by atoms with Gasteiger partial charge >= 0.3 is 0 Å². The number of para-hydroxylation sites is 2. The number of hydrogen-bond acceptors (Lipinski definition) is 3. The third-order valence-corrected chi connectivity index (χ3v) is 4.30. The number of rotatable bonds is 7. The molecule has 0 aliphatic carbocycles. The number of likely N-dealkylation sites (N-methyl/N-ethyl adjacent to an activating group) is 1. The van der Waals surface area contributed by atoms with Gasteiger partial charge in [-0.3, -0.25) is 9.59 Å². The minimum atomic E-state index is -0.247. The van der Waals surface area contributed by atoms with E-state index >= 15 is 0 Å². The van der Waals surface area contributed by atoms with E-state index in [1.807, 2.05) is 60.7 Å². The molecule has 0 saturated carbocycles. The Morgan fingerprint density at radius 1 is 0.857 bits per heavy atom. The highest BCUT2D eigenvalue weighted by Gasteiger charge is 2.15. The lowest BCUT2D eigenvalue weighted by Crippen LogP contribution is -2.31. The molecule has 3 aromatic rings. The second-order valence-corrected chi connectivity index (χ2v) is 6.24. The molecule has 2 amide bonds. The molecule has 0 fully saturated rings. The summed E-state index contributed by atoms with van der Waals surface area (Å²) in [7, 11) is 1.69. The van der Waals surface area contributed by atoms with Crippen molar-refractivity contribution < 1.29 is 14.3 Å². The van der Waals surface area contributed by atoms with Gasteiger partial charge in [0.15, 0.2) is 6.61 Å². The topological polar surface area (TPSA) is 58.6 Å². The van der Waals surface area contributed by atoms with Crippen LogP contribution in [0.2, 0.25) is 0 Å². The normalized spacial score (nSPS) is 10.2. The molecule has 0 atom stereocenters. The fraction of sp³-hybridized carbons (Fsp3) is 0.130. The van der Waals surface area contributed by atoms with E-state index in [0.717, 1.165) is 11.3 Å². The summed E-state index contributed by atoms with van der Waals surface area (Å²) < 4.78 is 5.66. The maximum atomic E-state index is 12.6. The number of benzene rings is 3. The van der Waals surface area contributed by atoms with E-state index in [0.29, 0.717) is 17.9 Å². The second kappa shape index (κ2) is 9.37. The van der Waals surface area contributed by atoms with Gasteiger partial charge in [0.25, 0.3) is 11.8 Å². The van der Waals surface area contributed by atoms with Crippen LogP contribution in [0, 0.1) is 0 Å². The quantitative estimate of drug-likeness (QED) is 0.687. The van der Waals surface area contributed by atoms with E-state index in [1.165, 1.54) is 4.90 Å². The van der Waals surface area contributed by atoms with Crippen molar-refractivity contribution >= 4 is 17.5 Å². The van der Waals surface area contributed by atoms with E-state index in [9.17, 15) is 9.59 Å². The van der Waals surface area contributed by atoms with Gasteiger partial charge in [0.2, 0.25) is 0 Å². The number of anilines is 1. The predicted molar refractivity (Wildman–Crippen MR) is 109 cm³/mol. The van der Waals surface area contributed by atoms with E-state index in [-0.39, 0.29) is 18.4 Å². The van der Waals surface area contributed by atoms with Gasteiger partial charge in [-0.1, -0.05) is 60.7 Å². The van der Waals surface area contributed by atoms with Crippen LogP contribution in [-0.2, 0) is 11.3 Å². The van der Waals surface area contributed by atoms with Gasteiger partial charge in [-0.2, -0.15) is 0 Å². The molecule has 0 radical (unpaired) electrons.